The molecule has 2 aliphatic rings. The van der Waals surface area contributed by atoms with E-state index in [0.29, 0.717) is 34.4 Å². The monoisotopic (exact) mass is 471 g/mol. The maximum absolute atomic E-state index is 14.0. The molecule has 0 amide bonds. The van der Waals surface area contributed by atoms with E-state index in [1.165, 1.54) is 5.56 Å². The van der Waals surface area contributed by atoms with Gasteiger partial charge in [-0.25, -0.2) is 8.42 Å². The minimum absolute atomic E-state index is 0.408. The molecule has 0 radical (unpaired) electrons. The summed E-state index contributed by atoms with van der Waals surface area (Å²) >= 11 is 1.59. The molecule has 1 aliphatic carbocycles. The zero-order valence-corrected chi connectivity index (χ0v) is 19.9. The standard InChI is InChI=1S/C24H25NO5S2/c1-28-19-14-21(30-3)20(29-2)13-18(19)24-25(11-12-31-24)32(26,27)22-10-8-16-6-4-5-15-7-9-17(22)23(15)16/h4-6,8,10,13-14,24H,7,9,11-12H2,1-3H3/t24-/m1/s1. The lowest BCUT2D eigenvalue weighted by Gasteiger charge is -2.26. The van der Waals surface area contributed by atoms with E-state index in [2.05, 4.69) is 6.07 Å². The molecular weight excluding hydrogens is 446 g/mol. The summed E-state index contributed by atoms with van der Waals surface area (Å²) < 4.78 is 46.0. The Morgan fingerprint density at radius 3 is 2.44 bits per heavy atom. The number of hydrogen-bond donors (Lipinski definition) is 0. The lowest BCUT2D eigenvalue weighted by molar-refractivity contribution is 0.344. The van der Waals surface area contributed by atoms with Gasteiger partial charge in [-0.05, 0) is 46.9 Å². The van der Waals surface area contributed by atoms with Crippen molar-refractivity contribution in [3.8, 4) is 17.2 Å². The quantitative estimate of drug-likeness (QED) is 0.531. The minimum atomic E-state index is -3.71. The molecule has 5 rings (SSSR count). The molecule has 3 aromatic rings. The second-order valence-electron chi connectivity index (χ2n) is 7.85. The van der Waals surface area contributed by atoms with Gasteiger partial charge < -0.3 is 14.2 Å². The van der Waals surface area contributed by atoms with Crippen molar-refractivity contribution in [1.29, 1.82) is 0 Å². The van der Waals surface area contributed by atoms with Crippen LogP contribution in [-0.4, -0.2) is 46.4 Å². The molecular formula is C24H25NO5S2. The molecule has 1 fully saturated rings. The summed E-state index contributed by atoms with van der Waals surface area (Å²) in [5.74, 6) is 2.37. The number of thioether (sulfide) groups is 1. The van der Waals surface area contributed by atoms with Crippen LogP contribution in [0.25, 0.3) is 10.8 Å². The Hall–Kier alpha value is -2.42. The van der Waals surface area contributed by atoms with Crippen LogP contribution < -0.4 is 14.2 Å². The van der Waals surface area contributed by atoms with Crippen molar-refractivity contribution in [3.05, 3.63) is 59.2 Å². The molecule has 1 atom stereocenters. The Labute approximate surface area is 192 Å². The highest BCUT2D eigenvalue weighted by Crippen LogP contribution is 2.48. The van der Waals surface area contributed by atoms with Gasteiger partial charge in [0.1, 0.15) is 5.75 Å². The van der Waals surface area contributed by atoms with Gasteiger partial charge in [-0.15, -0.1) is 11.8 Å². The van der Waals surface area contributed by atoms with Gasteiger partial charge in [0.15, 0.2) is 11.5 Å². The normalized spacial score (nSPS) is 18.3. The Morgan fingerprint density at radius 2 is 1.69 bits per heavy atom. The second-order valence-corrected chi connectivity index (χ2v) is 10.9. The lowest BCUT2D eigenvalue weighted by atomic mass is 10.1. The van der Waals surface area contributed by atoms with Crippen molar-refractivity contribution in [2.24, 2.45) is 0 Å². The smallest absolute Gasteiger partial charge is 0.244 e. The van der Waals surface area contributed by atoms with Crippen LogP contribution >= 0.6 is 11.8 Å². The fraction of sp³-hybridized carbons (Fsp3) is 0.333. The summed E-state index contributed by atoms with van der Waals surface area (Å²) in [5, 5.41) is 1.79. The van der Waals surface area contributed by atoms with Crippen molar-refractivity contribution in [3.63, 3.8) is 0 Å². The number of rotatable bonds is 6. The van der Waals surface area contributed by atoms with Gasteiger partial charge in [0.2, 0.25) is 10.0 Å². The van der Waals surface area contributed by atoms with Crippen LogP contribution in [0.15, 0.2) is 47.4 Å². The van der Waals surface area contributed by atoms with E-state index in [4.69, 9.17) is 14.2 Å². The summed E-state index contributed by atoms with van der Waals surface area (Å²) in [4.78, 5) is 0.418. The van der Waals surface area contributed by atoms with Crippen LogP contribution in [0.4, 0.5) is 0 Å². The zero-order chi connectivity index (χ0) is 22.5. The molecule has 0 saturated carbocycles. The summed E-state index contributed by atoms with van der Waals surface area (Å²) in [6, 6.07) is 13.5. The minimum Gasteiger partial charge on any atom is -0.496 e. The average molecular weight is 472 g/mol. The van der Waals surface area contributed by atoms with Crippen LogP contribution in [0.5, 0.6) is 17.2 Å². The van der Waals surface area contributed by atoms with Gasteiger partial charge in [-0.1, -0.05) is 24.3 Å². The fourth-order valence-corrected chi connectivity index (χ4v) is 8.30. The van der Waals surface area contributed by atoms with Crippen LogP contribution in [0.2, 0.25) is 0 Å². The van der Waals surface area contributed by atoms with Crippen molar-refractivity contribution in [2.75, 3.05) is 33.6 Å². The molecule has 0 spiro atoms. The predicted octanol–water partition coefficient (Wildman–Crippen LogP) is 4.40. The van der Waals surface area contributed by atoms with Gasteiger partial charge in [0.05, 0.1) is 31.6 Å². The van der Waals surface area contributed by atoms with E-state index in [1.807, 2.05) is 24.3 Å². The summed E-state index contributed by atoms with van der Waals surface area (Å²) in [6.45, 7) is 0.439. The van der Waals surface area contributed by atoms with Crippen molar-refractivity contribution in [1.82, 2.24) is 4.31 Å². The third-order valence-electron chi connectivity index (χ3n) is 6.28. The highest BCUT2D eigenvalue weighted by molar-refractivity contribution is 8.01. The van der Waals surface area contributed by atoms with Crippen LogP contribution in [0.1, 0.15) is 22.1 Å². The number of aryl methyl sites for hydroxylation is 2. The molecule has 168 valence electrons. The van der Waals surface area contributed by atoms with Crippen molar-refractivity contribution in [2.45, 2.75) is 23.1 Å². The predicted molar refractivity (Wildman–Crippen MR) is 127 cm³/mol. The number of nitrogens with zero attached hydrogens (tertiary/aromatic N) is 1. The van der Waals surface area contributed by atoms with Gasteiger partial charge >= 0.3 is 0 Å². The Balaban J connectivity index is 1.61. The SMILES string of the molecule is COc1cc(OC)c([C@H]2SCCN2S(=O)(=O)c2ccc3cccc4c3c2CC4)cc1OC. The molecule has 1 heterocycles. The summed E-state index contributed by atoms with van der Waals surface area (Å²) in [7, 11) is 0.999. The first-order chi connectivity index (χ1) is 15.5. The van der Waals surface area contributed by atoms with Crippen LogP contribution in [0, 0.1) is 0 Å². The van der Waals surface area contributed by atoms with Crippen molar-refractivity contribution < 1.29 is 22.6 Å². The Kier molecular flexibility index (Phi) is 5.47. The van der Waals surface area contributed by atoms with Gasteiger partial charge in [-0.2, -0.15) is 4.31 Å². The Bertz CT molecular complexity index is 1310. The number of sulfonamides is 1. The molecule has 0 bridgehead atoms. The third kappa shape index (κ3) is 3.24. The fourth-order valence-electron chi connectivity index (χ4n) is 4.79. The maximum atomic E-state index is 14.0. The van der Waals surface area contributed by atoms with E-state index in [-0.39, 0.29) is 0 Å². The molecule has 32 heavy (non-hydrogen) atoms. The molecule has 1 aliphatic heterocycles. The Morgan fingerprint density at radius 1 is 0.938 bits per heavy atom. The zero-order valence-electron chi connectivity index (χ0n) is 18.3. The molecule has 8 heteroatoms. The molecule has 0 unspecified atom stereocenters. The van der Waals surface area contributed by atoms with E-state index < -0.39 is 15.4 Å². The maximum Gasteiger partial charge on any atom is 0.244 e. The molecule has 3 aromatic carbocycles. The van der Waals surface area contributed by atoms with Crippen LogP contribution in [-0.2, 0) is 22.9 Å². The highest BCUT2D eigenvalue weighted by Gasteiger charge is 2.40. The largest absolute Gasteiger partial charge is 0.496 e. The number of methoxy groups -OCH3 is 3. The molecule has 1 saturated heterocycles. The van der Waals surface area contributed by atoms with Crippen LogP contribution in [0.3, 0.4) is 0 Å². The summed E-state index contributed by atoms with van der Waals surface area (Å²) in [5.41, 5.74) is 2.92. The van der Waals surface area contributed by atoms with Gasteiger partial charge in [0.25, 0.3) is 0 Å². The number of ether oxygens (including phenoxy) is 3. The summed E-state index contributed by atoms with van der Waals surface area (Å²) in [6.07, 6.45) is 1.62. The molecule has 6 nitrogen and oxygen atoms in total. The van der Waals surface area contributed by atoms with E-state index in [0.717, 1.165) is 34.7 Å². The first-order valence-electron chi connectivity index (χ1n) is 10.5. The number of hydrogen-bond acceptors (Lipinski definition) is 6. The van der Waals surface area contributed by atoms with Gasteiger partial charge in [-0.3, -0.25) is 0 Å². The van der Waals surface area contributed by atoms with E-state index in [9.17, 15) is 8.42 Å². The molecule has 0 aromatic heterocycles. The first kappa shape index (κ1) is 21.4. The average Bonchev–Trinajstić information content (AvgIpc) is 3.47. The lowest BCUT2D eigenvalue weighted by Crippen LogP contribution is -2.31. The van der Waals surface area contributed by atoms with Crippen molar-refractivity contribution >= 4 is 32.6 Å². The molecule has 0 N–H and O–H groups in total. The second kappa shape index (κ2) is 8.17. The van der Waals surface area contributed by atoms with E-state index in [1.54, 1.807) is 49.5 Å². The van der Waals surface area contributed by atoms with Gasteiger partial charge in [0, 0.05) is 23.9 Å². The third-order valence-corrected chi connectivity index (χ3v) is 9.60. The number of benzene rings is 3. The highest BCUT2D eigenvalue weighted by atomic mass is 32.2. The topological polar surface area (TPSA) is 65.1 Å². The van der Waals surface area contributed by atoms with E-state index >= 15 is 0 Å². The first-order valence-corrected chi connectivity index (χ1v) is 12.9.